The van der Waals surface area contributed by atoms with Crippen molar-refractivity contribution in [2.24, 2.45) is 11.5 Å². The van der Waals surface area contributed by atoms with Crippen molar-refractivity contribution in [3.05, 3.63) is 0 Å². The van der Waals surface area contributed by atoms with Crippen molar-refractivity contribution < 1.29 is 13.3 Å². The normalized spacial score (nSPS) is 15.9. The van der Waals surface area contributed by atoms with Crippen molar-refractivity contribution in [2.45, 2.75) is 24.9 Å². The van der Waals surface area contributed by atoms with Gasteiger partial charge in [0.15, 0.2) is 0 Å². The maximum Gasteiger partial charge on any atom is 0.505 e. The van der Waals surface area contributed by atoms with Gasteiger partial charge in [0.25, 0.3) is 0 Å². The number of hydrogen-bond acceptors (Lipinski definition) is 6. The fourth-order valence-corrected chi connectivity index (χ4v) is 4.80. The molecule has 6 nitrogen and oxygen atoms in total. The van der Waals surface area contributed by atoms with Crippen molar-refractivity contribution in [1.29, 1.82) is 0 Å². The van der Waals surface area contributed by atoms with Crippen LogP contribution in [0.2, 0.25) is 5.54 Å². The van der Waals surface area contributed by atoms with E-state index in [0.717, 1.165) is 13.0 Å². The lowest BCUT2D eigenvalue weighted by atomic mass is 10.1. The molecule has 0 aromatic heterocycles. The van der Waals surface area contributed by atoms with Gasteiger partial charge < -0.3 is 30.1 Å². The molecular formula is C10H27N3O3Si. The molecule has 0 spiro atoms. The lowest BCUT2D eigenvalue weighted by molar-refractivity contribution is 0.104. The van der Waals surface area contributed by atoms with Gasteiger partial charge in [-0.3, -0.25) is 0 Å². The largest absolute Gasteiger partial charge is 0.505 e. The van der Waals surface area contributed by atoms with E-state index in [9.17, 15) is 0 Å². The summed E-state index contributed by atoms with van der Waals surface area (Å²) in [5, 5.41) is 3.32. The van der Waals surface area contributed by atoms with E-state index in [4.69, 9.17) is 24.7 Å². The first-order valence-electron chi connectivity index (χ1n) is 5.94. The third-order valence-electron chi connectivity index (χ3n) is 3.04. The summed E-state index contributed by atoms with van der Waals surface area (Å²) in [4.78, 5) is 0. The molecule has 0 amide bonds. The van der Waals surface area contributed by atoms with Crippen molar-refractivity contribution >= 4 is 8.80 Å². The zero-order valence-corrected chi connectivity index (χ0v) is 12.4. The number of rotatable bonds is 10. The van der Waals surface area contributed by atoms with Gasteiger partial charge in [-0.1, -0.05) is 6.92 Å². The van der Waals surface area contributed by atoms with Gasteiger partial charge in [-0.15, -0.1) is 0 Å². The second-order valence-electron chi connectivity index (χ2n) is 3.82. The molecule has 0 aliphatic heterocycles. The highest BCUT2D eigenvalue weighted by Gasteiger charge is 2.49. The van der Waals surface area contributed by atoms with Gasteiger partial charge in [0.05, 0.1) is 0 Å². The maximum atomic E-state index is 5.80. The highest BCUT2D eigenvalue weighted by atomic mass is 28.4. The first-order valence-corrected chi connectivity index (χ1v) is 7.74. The van der Waals surface area contributed by atoms with Crippen LogP contribution >= 0.6 is 0 Å². The number of hydrogen-bond donors (Lipinski definition) is 3. The highest BCUT2D eigenvalue weighted by molar-refractivity contribution is 6.62. The summed E-state index contributed by atoms with van der Waals surface area (Å²) >= 11 is 0. The standard InChI is InChI=1S/C10H27N3O3Si/c1-5-10(9(8-12)13-7-6-11)17(14-2,15-3)16-4/h9-10,13H,5-8,11-12H2,1-4H3. The van der Waals surface area contributed by atoms with Gasteiger partial charge in [0, 0.05) is 52.5 Å². The first kappa shape index (κ1) is 17.0. The Bertz CT molecular complexity index is 185. The van der Waals surface area contributed by atoms with Crippen LogP contribution in [0.5, 0.6) is 0 Å². The minimum Gasteiger partial charge on any atom is -0.377 e. The topological polar surface area (TPSA) is 91.8 Å². The van der Waals surface area contributed by atoms with Crippen molar-refractivity contribution in [2.75, 3.05) is 41.0 Å². The van der Waals surface area contributed by atoms with Crippen molar-refractivity contribution in [3.63, 3.8) is 0 Å². The molecule has 0 fully saturated rings. The highest BCUT2D eigenvalue weighted by Crippen LogP contribution is 2.30. The Morgan fingerprint density at radius 1 is 1.12 bits per heavy atom. The Hall–Kier alpha value is -0.0231. The Kier molecular flexibility index (Phi) is 8.97. The molecule has 0 aliphatic carbocycles. The second-order valence-corrected chi connectivity index (χ2v) is 6.99. The van der Waals surface area contributed by atoms with E-state index in [-0.39, 0.29) is 11.6 Å². The Labute approximate surface area is 105 Å². The predicted molar refractivity (Wildman–Crippen MR) is 70.7 cm³/mol. The fraction of sp³-hybridized carbons (Fsp3) is 1.00. The van der Waals surface area contributed by atoms with Gasteiger partial charge in [0.1, 0.15) is 0 Å². The Balaban J connectivity index is 4.84. The molecule has 0 aromatic carbocycles. The lowest BCUT2D eigenvalue weighted by Crippen LogP contribution is -2.56. The minimum absolute atomic E-state index is 0.0927. The van der Waals surface area contributed by atoms with E-state index in [1.54, 1.807) is 21.3 Å². The van der Waals surface area contributed by atoms with Gasteiger partial charge in [0.2, 0.25) is 0 Å². The van der Waals surface area contributed by atoms with Crippen LogP contribution in [-0.2, 0) is 13.3 Å². The van der Waals surface area contributed by atoms with E-state index in [0.29, 0.717) is 13.1 Å². The van der Waals surface area contributed by atoms with Crippen molar-refractivity contribution in [3.8, 4) is 0 Å². The van der Waals surface area contributed by atoms with Crippen LogP contribution in [0.15, 0.2) is 0 Å². The number of nitrogens with two attached hydrogens (primary N) is 2. The first-order chi connectivity index (χ1) is 8.15. The SMILES string of the molecule is CCC(C(CN)NCCN)[Si](OC)(OC)OC. The molecule has 17 heavy (non-hydrogen) atoms. The van der Waals surface area contributed by atoms with E-state index < -0.39 is 8.80 Å². The van der Waals surface area contributed by atoms with E-state index in [1.165, 1.54) is 0 Å². The average molecular weight is 265 g/mol. The fourth-order valence-electron chi connectivity index (χ4n) is 2.14. The summed E-state index contributed by atoms with van der Waals surface area (Å²) in [7, 11) is 2.21. The summed E-state index contributed by atoms with van der Waals surface area (Å²) in [5.74, 6) is 0. The maximum absolute atomic E-state index is 5.80. The van der Waals surface area contributed by atoms with Crippen LogP contribution in [0, 0.1) is 0 Å². The zero-order chi connectivity index (χ0) is 13.3. The summed E-state index contributed by atoms with van der Waals surface area (Å²) in [6.07, 6.45) is 0.876. The molecule has 5 N–H and O–H groups in total. The molecule has 0 aliphatic rings. The molecule has 0 bridgehead atoms. The Morgan fingerprint density at radius 3 is 1.94 bits per heavy atom. The molecular weight excluding hydrogens is 238 g/mol. The van der Waals surface area contributed by atoms with E-state index in [2.05, 4.69) is 12.2 Å². The monoisotopic (exact) mass is 265 g/mol. The van der Waals surface area contributed by atoms with Crippen molar-refractivity contribution in [1.82, 2.24) is 5.32 Å². The van der Waals surface area contributed by atoms with Gasteiger partial charge in [-0.25, -0.2) is 0 Å². The molecule has 0 heterocycles. The molecule has 0 radical (unpaired) electrons. The second kappa shape index (κ2) is 8.98. The van der Waals surface area contributed by atoms with E-state index in [1.807, 2.05) is 0 Å². The molecule has 104 valence electrons. The van der Waals surface area contributed by atoms with E-state index >= 15 is 0 Å². The summed E-state index contributed by atoms with van der Waals surface area (Å²) in [5.41, 5.74) is 11.4. The van der Waals surface area contributed by atoms with Crippen LogP contribution in [0.4, 0.5) is 0 Å². The molecule has 0 aromatic rings. The third-order valence-corrected chi connectivity index (χ3v) is 6.46. The van der Waals surface area contributed by atoms with Crippen LogP contribution in [-0.4, -0.2) is 55.8 Å². The lowest BCUT2D eigenvalue weighted by Gasteiger charge is -2.36. The molecule has 2 unspecified atom stereocenters. The zero-order valence-electron chi connectivity index (χ0n) is 11.4. The third kappa shape index (κ3) is 4.29. The summed E-state index contributed by atoms with van der Waals surface area (Å²) in [6.45, 7) is 3.88. The van der Waals surface area contributed by atoms with Gasteiger partial charge in [-0.2, -0.15) is 0 Å². The molecule has 7 heteroatoms. The average Bonchev–Trinajstić information content (AvgIpc) is 2.39. The smallest absolute Gasteiger partial charge is 0.377 e. The number of nitrogens with one attached hydrogen (secondary N) is 1. The van der Waals surface area contributed by atoms with Crippen LogP contribution in [0.3, 0.4) is 0 Å². The van der Waals surface area contributed by atoms with Gasteiger partial charge in [-0.05, 0) is 6.42 Å². The van der Waals surface area contributed by atoms with Crippen LogP contribution < -0.4 is 16.8 Å². The van der Waals surface area contributed by atoms with Crippen LogP contribution in [0.25, 0.3) is 0 Å². The molecule has 0 saturated carbocycles. The summed E-state index contributed by atoms with van der Waals surface area (Å²) < 4.78 is 16.6. The molecule has 0 rings (SSSR count). The minimum atomic E-state index is -2.66. The predicted octanol–water partition coefficient (Wildman–Crippen LogP) is -0.480. The van der Waals surface area contributed by atoms with Gasteiger partial charge >= 0.3 is 8.80 Å². The Morgan fingerprint density at radius 2 is 1.65 bits per heavy atom. The molecule has 0 saturated heterocycles. The quantitative estimate of drug-likeness (QED) is 0.462. The summed E-state index contributed by atoms with van der Waals surface area (Å²) in [6, 6.07) is 0.0927. The molecule has 2 atom stereocenters. The van der Waals surface area contributed by atoms with Crippen LogP contribution in [0.1, 0.15) is 13.3 Å².